The molecule has 0 N–H and O–H groups in total. The first kappa shape index (κ1) is 10.7. The number of halogens is 3. The maximum absolute atomic E-state index is 12.5. The lowest BCUT2D eigenvalue weighted by atomic mass is 10.2. The number of anilines is 1. The zero-order valence-corrected chi connectivity index (χ0v) is 8.28. The van der Waals surface area contributed by atoms with Gasteiger partial charge in [-0.3, -0.25) is 4.99 Å². The topological polar surface area (TPSA) is 15.6 Å². The Morgan fingerprint density at radius 3 is 2.69 bits per heavy atom. The SMILES string of the molecule is FC(F)(F)c1cccc(N2C=CC=NC2)c1. The molecule has 16 heavy (non-hydrogen) atoms. The minimum atomic E-state index is -4.31. The molecule has 84 valence electrons. The maximum atomic E-state index is 12.5. The predicted molar refractivity (Wildman–Crippen MR) is 56.4 cm³/mol. The van der Waals surface area contributed by atoms with Gasteiger partial charge in [-0.2, -0.15) is 13.2 Å². The van der Waals surface area contributed by atoms with Crippen molar-refractivity contribution < 1.29 is 13.2 Å². The van der Waals surface area contributed by atoms with E-state index in [1.807, 2.05) is 0 Å². The van der Waals surface area contributed by atoms with Crippen molar-refractivity contribution in [2.45, 2.75) is 6.18 Å². The number of rotatable bonds is 1. The largest absolute Gasteiger partial charge is 0.416 e. The second-order valence-electron chi connectivity index (χ2n) is 3.33. The number of nitrogens with zero attached hydrogens (tertiary/aromatic N) is 2. The second-order valence-corrected chi connectivity index (χ2v) is 3.33. The van der Waals surface area contributed by atoms with Crippen molar-refractivity contribution in [1.82, 2.24) is 0 Å². The Labute approximate surface area is 90.7 Å². The molecule has 1 aromatic rings. The summed E-state index contributed by atoms with van der Waals surface area (Å²) in [5.41, 5.74) is -0.157. The lowest BCUT2D eigenvalue weighted by molar-refractivity contribution is -0.137. The van der Waals surface area contributed by atoms with Crippen LogP contribution in [0.25, 0.3) is 0 Å². The molecule has 2 rings (SSSR count). The lowest BCUT2D eigenvalue weighted by Gasteiger charge is -2.20. The van der Waals surface area contributed by atoms with Crippen LogP contribution < -0.4 is 4.90 Å². The summed E-state index contributed by atoms with van der Waals surface area (Å²) in [6.07, 6.45) is 0.690. The zero-order valence-electron chi connectivity index (χ0n) is 8.28. The molecule has 5 heteroatoms. The number of aliphatic imine (C=N–C) groups is 1. The van der Waals surface area contributed by atoms with E-state index in [9.17, 15) is 13.2 Å². The summed E-state index contributed by atoms with van der Waals surface area (Å²) < 4.78 is 37.4. The van der Waals surface area contributed by atoms with Gasteiger partial charge >= 0.3 is 6.18 Å². The van der Waals surface area contributed by atoms with Crippen LogP contribution in [0.1, 0.15) is 5.56 Å². The van der Waals surface area contributed by atoms with Gasteiger partial charge < -0.3 is 4.90 Å². The summed E-state index contributed by atoms with van der Waals surface area (Å²) in [4.78, 5) is 5.61. The van der Waals surface area contributed by atoms with Gasteiger partial charge in [0.25, 0.3) is 0 Å². The number of alkyl halides is 3. The van der Waals surface area contributed by atoms with E-state index in [1.165, 1.54) is 6.07 Å². The monoisotopic (exact) mass is 226 g/mol. The second kappa shape index (κ2) is 4.00. The van der Waals surface area contributed by atoms with E-state index in [4.69, 9.17) is 0 Å². The highest BCUT2D eigenvalue weighted by atomic mass is 19.4. The van der Waals surface area contributed by atoms with Crippen LogP contribution in [0.3, 0.4) is 0 Å². The highest BCUT2D eigenvalue weighted by Crippen LogP contribution is 2.31. The molecule has 0 aromatic heterocycles. The van der Waals surface area contributed by atoms with Crippen molar-refractivity contribution >= 4 is 11.9 Å². The van der Waals surface area contributed by atoms with Crippen LogP contribution in [0.2, 0.25) is 0 Å². The van der Waals surface area contributed by atoms with Crippen LogP contribution in [0.15, 0.2) is 41.5 Å². The molecule has 0 aliphatic carbocycles. The van der Waals surface area contributed by atoms with Gasteiger partial charge in [0.1, 0.15) is 6.67 Å². The molecular weight excluding hydrogens is 217 g/mol. The quantitative estimate of drug-likeness (QED) is 0.718. The van der Waals surface area contributed by atoms with Crippen LogP contribution in [0.4, 0.5) is 18.9 Å². The standard InChI is InChI=1S/C11H9F3N2/c12-11(13,14)9-3-1-4-10(7-9)16-6-2-5-15-8-16/h1-7H,8H2. The highest BCUT2D eigenvalue weighted by molar-refractivity contribution is 5.74. The van der Waals surface area contributed by atoms with Crippen molar-refractivity contribution in [2.24, 2.45) is 4.99 Å². The molecule has 0 saturated heterocycles. The molecule has 0 saturated carbocycles. The summed E-state index contributed by atoms with van der Waals surface area (Å²) in [7, 11) is 0. The normalized spacial score (nSPS) is 15.6. The van der Waals surface area contributed by atoms with Gasteiger partial charge in [-0.15, -0.1) is 0 Å². The molecule has 1 aromatic carbocycles. The third kappa shape index (κ3) is 2.24. The minimum Gasteiger partial charge on any atom is -0.328 e. The number of hydrogen-bond donors (Lipinski definition) is 0. The van der Waals surface area contributed by atoms with E-state index in [1.54, 1.807) is 29.5 Å². The van der Waals surface area contributed by atoms with E-state index >= 15 is 0 Å². The molecule has 0 bridgehead atoms. The van der Waals surface area contributed by atoms with Crippen LogP contribution in [-0.2, 0) is 6.18 Å². The summed E-state index contributed by atoms with van der Waals surface area (Å²) in [6, 6.07) is 5.19. The lowest BCUT2D eigenvalue weighted by Crippen LogP contribution is -2.19. The Hall–Kier alpha value is -1.78. The van der Waals surface area contributed by atoms with Crippen molar-refractivity contribution in [2.75, 3.05) is 11.6 Å². The fourth-order valence-electron chi connectivity index (χ4n) is 1.41. The first-order chi connectivity index (χ1) is 7.57. The molecule has 0 atom stereocenters. The summed E-state index contributed by atoms with van der Waals surface area (Å²) >= 11 is 0. The summed E-state index contributed by atoms with van der Waals surface area (Å²) in [6.45, 7) is 0.345. The molecule has 1 heterocycles. The third-order valence-corrected chi connectivity index (χ3v) is 2.20. The van der Waals surface area contributed by atoms with Crippen LogP contribution in [-0.4, -0.2) is 12.9 Å². The molecule has 2 nitrogen and oxygen atoms in total. The van der Waals surface area contributed by atoms with Gasteiger partial charge in [-0.25, -0.2) is 0 Å². The number of benzene rings is 1. The fraction of sp³-hybridized carbons (Fsp3) is 0.182. The van der Waals surface area contributed by atoms with E-state index in [0.29, 0.717) is 12.4 Å². The first-order valence-corrected chi connectivity index (χ1v) is 4.68. The molecule has 0 amide bonds. The first-order valence-electron chi connectivity index (χ1n) is 4.68. The van der Waals surface area contributed by atoms with Gasteiger partial charge in [0, 0.05) is 18.1 Å². The van der Waals surface area contributed by atoms with Crippen molar-refractivity contribution in [3.05, 3.63) is 42.1 Å². The van der Waals surface area contributed by atoms with Crippen LogP contribution in [0, 0.1) is 0 Å². The van der Waals surface area contributed by atoms with Crippen molar-refractivity contribution in [3.8, 4) is 0 Å². The van der Waals surface area contributed by atoms with Crippen molar-refractivity contribution in [3.63, 3.8) is 0 Å². The van der Waals surface area contributed by atoms with E-state index in [2.05, 4.69) is 4.99 Å². The van der Waals surface area contributed by atoms with Gasteiger partial charge in [0.2, 0.25) is 0 Å². The highest BCUT2D eigenvalue weighted by Gasteiger charge is 2.30. The van der Waals surface area contributed by atoms with Gasteiger partial charge in [-0.05, 0) is 24.3 Å². The average molecular weight is 226 g/mol. The predicted octanol–water partition coefficient (Wildman–Crippen LogP) is 3.07. The molecule has 0 fully saturated rings. The smallest absolute Gasteiger partial charge is 0.328 e. The van der Waals surface area contributed by atoms with E-state index < -0.39 is 11.7 Å². The molecule has 1 aliphatic heterocycles. The van der Waals surface area contributed by atoms with Crippen LogP contribution in [0.5, 0.6) is 0 Å². The Kier molecular flexibility index (Phi) is 2.68. The zero-order chi connectivity index (χ0) is 11.6. The van der Waals surface area contributed by atoms with E-state index in [0.717, 1.165) is 12.1 Å². The Morgan fingerprint density at radius 2 is 2.06 bits per heavy atom. The molecule has 0 unspecified atom stereocenters. The van der Waals surface area contributed by atoms with Gasteiger partial charge in [-0.1, -0.05) is 6.07 Å². The number of hydrogen-bond acceptors (Lipinski definition) is 2. The molecule has 0 radical (unpaired) electrons. The molecule has 0 spiro atoms. The van der Waals surface area contributed by atoms with E-state index in [-0.39, 0.29) is 0 Å². The Bertz CT molecular complexity index is 435. The number of allylic oxidation sites excluding steroid dienone is 1. The molecule has 1 aliphatic rings. The Morgan fingerprint density at radius 1 is 1.25 bits per heavy atom. The average Bonchev–Trinajstić information content (AvgIpc) is 2.29. The molecular formula is C11H9F3N2. The van der Waals surface area contributed by atoms with Crippen LogP contribution >= 0.6 is 0 Å². The maximum Gasteiger partial charge on any atom is 0.416 e. The summed E-state index contributed by atoms with van der Waals surface area (Å²) in [5, 5.41) is 0. The minimum absolute atomic E-state index is 0.345. The summed E-state index contributed by atoms with van der Waals surface area (Å²) in [5.74, 6) is 0. The Balaban J connectivity index is 2.29. The van der Waals surface area contributed by atoms with Crippen molar-refractivity contribution in [1.29, 1.82) is 0 Å². The fourth-order valence-corrected chi connectivity index (χ4v) is 1.41. The third-order valence-electron chi connectivity index (χ3n) is 2.20. The van der Waals surface area contributed by atoms with Gasteiger partial charge in [0.05, 0.1) is 5.56 Å². The van der Waals surface area contributed by atoms with Gasteiger partial charge in [0.15, 0.2) is 0 Å².